The number of nitrogens with zero attached hydrogens (tertiary/aromatic N) is 4. The van der Waals surface area contributed by atoms with E-state index in [-0.39, 0.29) is 35.4 Å². The first-order chi connectivity index (χ1) is 13.6. The minimum Gasteiger partial charge on any atom is -0.342 e. The standard InChI is InChI=1S/C21H34N6O2/c1-13-12-27(20-23-9-7-10-24-20)15-8-11-26(16(13)15)19(29)17(21(3,4)5)25-18(28)14(2)22-6/h7,9-10,13-17,22H,8,11-12H2,1-6H3,(H,25,28). The van der Waals surface area contributed by atoms with Crippen molar-refractivity contribution in [2.24, 2.45) is 11.3 Å². The van der Waals surface area contributed by atoms with E-state index in [0.29, 0.717) is 12.5 Å². The summed E-state index contributed by atoms with van der Waals surface area (Å²) in [5, 5.41) is 5.93. The number of anilines is 1. The Balaban J connectivity index is 1.80. The van der Waals surface area contributed by atoms with Gasteiger partial charge in [-0.25, -0.2) is 9.97 Å². The maximum atomic E-state index is 13.6. The van der Waals surface area contributed by atoms with Crippen molar-refractivity contribution < 1.29 is 9.59 Å². The van der Waals surface area contributed by atoms with Crippen molar-refractivity contribution in [3.8, 4) is 0 Å². The number of amides is 2. The van der Waals surface area contributed by atoms with Crippen LogP contribution < -0.4 is 15.5 Å². The van der Waals surface area contributed by atoms with Crippen molar-refractivity contribution in [2.75, 3.05) is 25.0 Å². The minimum atomic E-state index is -0.571. The van der Waals surface area contributed by atoms with E-state index in [1.54, 1.807) is 26.4 Å². The highest BCUT2D eigenvalue weighted by Crippen LogP contribution is 2.38. The Labute approximate surface area is 173 Å². The third-order valence-electron chi connectivity index (χ3n) is 6.21. The highest BCUT2D eigenvalue weighted by Gasteiger charge is 2.51. The minimum absolute atomic E-state index is 0.00401. The van der Waals surface area contributed by atoms with Crippen LogP contribution in [0.5, 0.6) is 0 Å². The Kier molecular flexibility index (Phi) is 6.12. The second-order valence-corrected chi connectivity index (χ2v) is 9.37. The van der Waals surface area contributed by atoms with Gasteiger partial charge in [0.05, 0.1) is 18.1 Å². The zero-order chi connectivity index (χ0) is 21.3. The largest absolute Gasteiger partial charge is 0.342 e. The molecule has 2 amide bonds. The number of hydrogen-bond donors (Lipinski definition) is 2. The second kappa shape index (κ2) is 8.26. The lowest BCUT2D eigenvalue weighted by atomic mass is 9.85. The third kappa shape index (κ3) is 4.22. The van der Waals surface area contributed by atoms with Crippen molar-refractivity contribution in [2.45, 2.75) is 65.2 Å². The van der Waals surface area contributed by atoms with Crippen LogP contribution in [0.25, 0.3) is 0 Å². The summed E-state index contributed by atoms with van der Waals surface area (Å²) in [4.78, 5) is 39.2. The normalized spacial score (nSPS) is 26.2. The molecule has 1 aromatic heterocycles. The molecule has 0 bridgehead atoms. The predicted octanol–water partition coefficient (Wildman–Crippen LogP) is 1.04. The molecule has 0 saturated carbocycles. The van der Waals surface area contributed by atoms with Crippen molar-refractivity contribution >= 4 is 17.8 Å². The summed E-state index contributed by atoms with van der Waals surface area (Å²) < 4.78 is 0. The second-order valence-electron chi connectivity index (χ2n) is 9.37. The molecule has 2 aliphatic heterocycles. The van der Waals surface area contributed by atoms with Gasteiger partial charge in [0.2, 0.25) is 17.8 Å². The molecule has 8 heteroatoms. The van der Waals surface area contributed by atoms with E-state index in [1.165, 1.54) is 0 Å². The first-order valence-corrected chi connectivity index (χ1v) is 10.5. The molecule has 160 valence electrons. The number of aromatic nitrogens is 2. The lowest BCUT2D eigenvalue weighted by Gasteiger charge is -2.37. The third-order valence-corrected chi connectivity index (χ3v) is 6.21. The Morgan fingerprint density at radius 1 is 1.24 bits per heavy atom. The van der Waals surface area contributed by atoms with Gasteiger partial charge < -0.3 is 20.4 Å². The smallest absolute Gasteiger partial charge is 0.246 e. The zero-order valence-corrected chi connectivity index (χ0v) is 18.3. The van der Waals surface area contributed by atoms with E-state index in [1.807, 2.05) is 31.7 Å². The van der Waals surface area contributed by atoms with Gasteiger partial charge in [0.15, 0.2) is 0 Å². The molecule has 2 aliphatic rings. The van der Waals surface area contributed by atoms with Gasteiger partial charge in [0.25, 0.3) is 0 Å². The molecule has 0 aliphatic carbocycles. The highest BCUT2D eigenvalue weighted by atomic mass is 16.2. The summed E-state index contributed by atoms with van der Waals surface area (Å²) in [6, 6.07) is 1.21. The molecule has 1 aromatic rings. The number of carbonyl (C=O) groups excluding carboxylic acids is 2. The van der Waals surface area contributed by atoms with Gasteiger partial charge in [0.1, 0.15) is 6.04 Å². The molecule has 8 nitrogen and oxygen atoms in total. The molecule has 2 N–H and O–H groups in total. The lowest BCUT2D eigenvalue weighted by molar-refractivity contribution is -0.141. The van der Waals surface area contributed by atoms with Gasteiger partial charge in [-0.2, -0.15) is 0 Å². The van der Waals surface area contributed by atoms with Crippen molar-refractivity contribution in [1.29, 1.82) is 0 Å². The van der Waals surface area contributed by atoms with Crippen molar-refractivity contribution in [3.05, 3.63) is 18.5 Å². The molecule has 0 aromatic carbocycles. The average Bonchev–Trinajstić information content (AvgIpc) is 3.26. The van der Waals surface area contributed by atoms with E-state index in [9.17, 15) is 9.59 Å². The summed E-state index contributed by atoms with van der Waals surface area (Å²) in [5.41, 5.74) is -0.387. The first kappa shape index (κ1) is 21.5. The number of likely N-dealkylation sites (tertiary alicyclic amines) is 1. The van der Waals surface area contributed by atoms with Gasteiger partial charge in [0, 0.05) is 25.5 Å². The Hall–Kier alpha value is -2.22. The molecule has 3 heterocycles. The summed E-state index contributed by atoms with van der Waals surface area (Å²) in [6.45, 7) is 11.5. The molecule has 2 fully saturated rings. The number of rotatable bonds is 5. The molecular weight excluding hydrogens is 368 g/mol. The zero-order valence-electron chi connectivity index (χ0n) is 18.3. The van der Waals surface area contributed by atoms with Crippen LogP contribution in [0.1, 0.15) is 41.0 Å². The maximum absolute atomic E-state index is 13.6. The van der Waals surface area contributed by atoms with Crippen LogP contribution in [0, 0.1) is 11.3 Å². The van der Waals surface area contributed by atoms with Gasteiger partial charge >= 0.3 is 0 Å². The van der Waals surface area contributed by atoms with E-state index in [0.717, 1.165) is 18.9 Å². The molecule has 5 atom stereocenters. The van der Waals surface area contributed by atoms with Gasteiger partial charge in [-0.1, -0.05) is 27.7 Å². The molecule has 2 saturated heterocycles. The van der Waals surface area contributed by atoms with Crippen LogP contribution in [-0.2, 0) is 9.59 Å². The molecule has 3 rings (SSSR count). The van der Waals surface area contributed by atoms with E-state index >= 15 is 0 Å². The van der Waals surface area contributed by atoms with E-state index < -0.39 is 6.04 Å². The fourth-order valence-corrected chi connectivity index (χ4v) is 4.52. The molecule has 29 heavy (non-hydrogen) atoms. The number of carbonyl (C=O) groups is 2. The fourth-order valence-electron chi connectivity index (χ4n) is 4.52. The van der Waals surface area contributed by atoms with Gasteiger partial charge in [-0.05, 0) is 37.8 Å². The number of nitrogens with one attached hydrogen (secondary N) is 2. The van der Waals surface area contributed by atoms with Gasteiger partial charge in [-0.15, -0.1) is 0 Å². The summed E-state index contributed by atoms with van der Waals surface area (Å²) in [6.07, 6.45) is 4.40. The maximum Gasteiger partial charge on any atom is 0.246 e. The molecule has 0 radical (unpaired) electrons. The summed E-state index contributed by atoms with van der Waals surface area (Å²) >= 11 is 0. The first-order valence-electron chi connectivity index (χ1n) is 10.5. The van der Waals surface area contributed by atoms with Crippen LogP contribution in [0.15, 0.2) is 18.5 Å². The number of likely N-dealkylation sites (N-methyl/N-ethyl adjacent to an activating group) is 1. The van der Waals surface area contributed by atoms with Crippen LogP contribution in [0.2, 0.25) is 0 Å². The van der Waals surface area contributed by atoms with Crippen LogP contribution >= 0.6 is 0 Å². The Morgan fingerprint density at radius 3 is 2.48 bits per heavy atom. The summed E-state index contributed by atoms with van der Waals surface area (Å²) in [5.74, 6) is 0.882. The fraction of sp³-hybridized carbons (Fsp3) is 0.714. The van der Waals surface area contributed by atoms with E-state index in [2.05, 4.69) is 32.4 Å². The summed E-state index contributed by atoms with van der Waals surface area (Å²) in [7, 11) is 1.74. The monoisotopic (exact) mass is 402 g/mol. The SMILES string of the molecule is CNC(C)C(=O)NC(C(=O)N1CCC2C1C(C)CN2c1ncccn1)C(C)(C)C. The van der Waals surface area contributed by atoms with Gasteiger partial charge in [-0.3, -0.25) is 9.59 Å². The quantitative estimate of drug-likeness (QED) is 0.765. The van der Waals surface area contributed by atoms with Crippen LogP contribution in [-0.4, -0.2) is 71.0 Å². The molecule has 0 spiro atoms. The molecule has 5 unspecified atom stereocenters. The van der Waals surface area contributed by atoms with Crippen LogP contribution in [0.4, 0.5) is 5.95 Å². The average molecular weight is 403 g/mol. The van der Waals surface area contributed by atoms with E-state index in [4.69, 9.17) is 0 Å². The molecular formula is C21H34N6O2. The predicted molar refractivity (Wildman–Crippen MR) is 112 cm³/mol. The van der Waals surface area contributed by atoms with Crippen molar-refractivity contribution in [3.63, 3.8) is 0 Å². The van der Waals surface area contributed by atoms with Crippen molar-refractivity contribution in [1.82, 2.24) is 25.5 Å². The Morgan fingerprint density at radius 2 is 1.90 bits per heavy atom. The highest BCUT2D eigenvalue weighted by molar-refractivity contribution is 5.90. The topological polar surface area (TPSA) is 90.5 Å². The van der Waals surface area contributed by atoms with Crippen LogP contribution in [0.3, 0.4) is 0 Å². The Bertz CT molecular complexity index is 734. The number of fused-ring (bicyclic) bond motifs is 1. The number of hydrogen-bond acceptors (Lipinski definition) is 6. The lowest BCUT2D eigenvalue weighted by Crippen LogP contribution is -2.59.